The van der Waals surface area contributed by atoms with Gasteiger partial charge in [0, 0.05) is 13.2 Å². The fraction of sp³-hybridized carbons (Fsp3) is 0.500. The zero-order valence-electron chi connectivity index (χ0n) is 10.1. The van der Waals surface area contributed by atoms with Crippen LogP contribution >= 0.6 is 0 Å². The minimum Gasteiger partial charge on any atom is -0.493 e. The number of hydrogen-bond acceptors (Lipinski definition) is 4. The third-order valence-electron chi connectivity index (χ3n) is 2.11. The first-order valence-electron chi connectivity index (χ1n) is 5.33. The maximum Gasteiger partial charge on any atom is 0.189 e. The van der Waals surface area contributed by atoms with E-state index in [1.54, 1.807) is 7.11 Å². The van der Waals surface area contributed by atoms with E-state index in [2.05, 4.69) is 5.32 Å². The fourth-order valence-electron chi connectivity index (χ4n) is 1.33. The summed E-state index contributed by atoms with van der Waals surface area (Å²) in [5, 5.41) is 3.09. The van der Waals surface area contributed by atoms with Crippen LogP contribution in [0.4, 0.5) is 0 Å². The number of methoxy groups -OCH3 is 1. The molecule has 16 heavy (non-hydrogen) atoms. The van der Waals surface area contributed by atoms with Crippen LogP contribution in [0.3, 0.4) is 0 Å². The molecule has 90 valence electrons. The molecule has 0 bridgehead atoms. The maximum atomic E-state index is 5.43. The summed E-state index contributed by atoms with van der Waals surface area (Å²) in [5.74, 6) is 1.43. The van der Waals surface area contributed by atoms with Gasteiger partial charge in [-0.25, -0.2) is 0 Å². The summed E-state index contributed by atoms with van der Waals surface area (Å²) in [6.07, 6.45) is 0. The molecule has 0 unspecified atom stereocenters. The lowest BCUT2D eigenvalue weighted by Gasteiger charge is -2.11. The Balaban J connectivity index is 2.68. The van der Waals surface area contributed by atoms with Crippen LogP contribution in [0.2, 0.25) is 0 Å². The highest BCUT2D eigenvalue weighted by Gasteiger charge is 2.05. The van der Waals surface area contributed by atoms with E-state index in [4.69, 9.17) is 14.2 Å². The zero-order valence-corrected chi connectivity index (χ0v) is 10.1. The summed E-state index contributed by atoms with van der Waals surface area (Å²) < 4.78 is 15.8. The quantitative estimate of drug-likeness (QED) is 0.567. The highest BCUT2D eigenvalue weighted by molar-refractivity contribution is 5.42. The average molecular weight is 225 g/mol. The van der Waals surface area contributed by atoms with Gasteiger partial charge in [0.25, 0.3) is 0 Å². The van der Waals surface area contributed by atoms with Crippen LogP contribution < -0.4 is 14.8 Å². The van der Waals surface area contributed by atoms with Crippen LogP contribution in [-0.2, 0) is 11.3 Å². The van der Waals surface area contributed by atoms with Gasteiger partial charge in [-0.1, -0.05) is 6.07 Å². The second-order valence-corrected chi connectivity index (χ2v) is 3.27. The highest BCUT2D eigenvalue weighted by Crippen LogP contribution is 2.27. The second-order valence-electron chi connectivity index (χ2n) is 3.27. The fourth-order valence-corrected chi connectivity index (χ4v) is 1.33. The van der Waals surface area contributed by atoms with Crippen molar-refractivity contribution in [3.8, 4) is 11.5 Å². The van der Waals surface area contributed by atoms with Crippen molar-refractivity contribution in [3.05, 3.63) is 23.8 Å². The van der Waals surface area contributed by atoms with Gasteiger partial charge in [-0.05, 0) is 31.7 Å². The largest absolute Gasteiger partial charge is 0.493 e. The zero-order chi connectivity index (χ0) is 11.8. The van der Waals surface area contributed by atoms with Gasteiger partial charge >= 0.3 is 0 Å². The SMILES string of the molecule is CCOCOc1ccc(CNC)cc1OC. The van der Waals surface area contributed by atoms with E-state index in [9.17, 15) is 0 Å². The highest BCUT2D eigenvalue weighted by atomic mass is 16.7. The molecule has 0 aliphatic heterocycles. The van der Waals surface area contributed by atoms with Crippen molar-refractivity contribution >= 4 is 0 Å². The molecule has 0 aliphatic carbocycles. The maximum absolute atomic E-state index is 5.43. The summed E-state index contributed by atoms with van der Waals surface area (Å²) in [5.41, 5.74) is 1.16. The van der Waals surface area contributed by atoms with Crippen LogP contribution in [0.25, 0.3) is 0 Å². The van der Waals surface area contributed by atoms with Gasteiger partial charge in [0.15, 0.2) is 18.3 Å². The molecule has 0 saturated carbocycles. The number of hydrogen-bond donors (Lipinski definition) is 1. The Morgan fingerprint density at radius 3 is 2.69 bits per heavy atom. The molecule has 0 fully saturated rings. The predicted octanol–water partition coefficient (Wildman–Crippen LogP) is 1.79. The molecule has 1 rings (SSSR count). The minimum absolute atomic E-state index is 0.248. The van der Waals surface area contributed by atoms with Crippen LogP contribution in [0.5, 0.6) is 11.5 Å². The van der Waals surface area contributed by atoms with E-state index in [1.165, 1.54) is 0 Å². The Morgan fingerprint density at radius 1 is 1.25 bits per heavy atom. The van der Waals surface area contributed by atoms with Crippen LogP contribution in [0.15, 0.2) is 18.2 Å². The molecule has 0 saturated heterocycles. The van der Waals surface area contributed by atoms with Crippen LogP contribution in [0, 0.1) is 0 Å². The number of rotatable bonds is 7. The van der Waals surface area contributed by atoms with E-state index < -0.39 is 0 Å². The van der Waals surface area contributed by atoms with Gasteiger partial charge in [0.05, 0.1) is 7.11 Å². The summed E-state index contributed by atoms with van der Waals surface area (Å²) in [4.78, 5) is 0. The molecule has 4 nitrogen and oxygen atoms in total. The molecule has 0 spiro atoms. The van der Waals surface area contributed by atoms with Crippen LogP contribution in [0.1, 0.15) is 12.5 Å². The first kappa shape index (κ1) is 12.8. The van der Waals surface area contributed by atoms with Gasteiger partial charge in [-0.3, -0.25) is 0 Å². The minimum atomic E-state index is 0.248. The molecule has 0 aromatic heterocycles. The second kappa shape index (κ2) is 7.09. The van der Waals surface area contributed by atoms with E-state index in [1.807, 2.05) is 32.2 Å². The number of benzene rings is 1. The molecular formula is C12H19NO3. The van der Waals surface area contributed by atoms with Crippen molar-refractivity contribution in [3.63, 3.8) is 0 Å². The monoisotopic (exact) mass is 225 g/mol. The molecule has 1 aromatic rings. The summed E-state index contributed by atoms with van der Waals surface area (Å²) in [6.45, 7) is 3.62. The Hall–Kier alpha value is -1.26. The Morgan fingerprint density at radius 2 is 2.06 bits per heavy atom. The van der Waals surface area contributed by atoms with Crippen molar-refractivity contribution in [1.29, 1.82) is 0 Å². The van der Waals surface area contributed by atoms with E-state index in [0.717, 1.165) is 17.9 Å². The molecule has 0 aliphatic rings. The van der Waals surface area contributed by atoms with E-state index >= 15 is 0 Å². The normalized spacial score (nSPS) is 10.2. The Kier molecular flexibility index (Phi) is 5.67. The molecule has 1 N–H and O–H groups in total. The first-order valence-corrected chi connectivity index (χ1v) is 5.33. The molecule has 0 atom stereocenters. The molecule has 1 aromatic carbocycles. The van der Waals surface area contributed by atoms with Crippen molar-refractivity contribution in [2.45, 2.75) is 13.5 Å². The molecule has 4 heteroatoms. The third kappa shape index (κ3) is 3.72. The topological polar surface area (TPSA) is 39.7 Å². The first-order chi connectivity index (χ1) is 7.81. The average Bonchev–Trinajstić information content (AvgIpc) is 2.31. The summed E-state index contributed by atoms with van der Waals surface area (Å²) in [6, 6.07) is 5.85. The summed E-state index contributed by atoms with van der Waals surface area (Å²) >= 11 is 0. The molecule has 0 amide bonds. The lowest BCUT2D eigenvalue weighted by atomic mass is 10.2. The van der Waals surface area contributed by atoms with E-state index in [0.29, 0.717) is 12.4 Å². The molecule has 0 radical (unpaired) electrons. The Labute approximate surface area is 96.5 Å². The lowest BCUT2D eigenvalue weighted by Crippen LogP contribution is -2.06. The van der Waals surface area contributed by atoms with Crippen LogP contribution in [-0.4, -0.2) is 27.6 Å². The number of nitrogens with one attached hydrogen (secondary N) is 1. The van der Waals surface area contributed by atoms with Crippen molar-refractivity contribution < 1.29 is 14.2 Å². The number of ether oxygens (including phenoxy) is 3. The third-order valence-corrected chi connectivity index (χ3v) is 2.11. The molecular weight excluding hydrogens is 206 g/mol. The standard InChI is InChI=1S/C12H19NO3/c1-4-15-9-16-11-6-5-10(8-13-2)7-12(11)14-3/h5-7,13H,4,8-9H2,1-3H3. The van der Waals surface area contributed by atoms with Gasteiger partial charge in [0.2, 0.25) is 0 Å². The van der Waals surface area contributed by atoms with Crippen molar-refractivity contribution in [1.82, 2.24) is 5.32 Å². The summed E-state index contributed by atoms with van der Waals surface area (Å²) in [7, 11) is 3.54. The Bertz CT molecular complexity index is 315. The lowest BCUT2D eigenvalue weighted by molar-refractivity contribution is 0.0209. The van der Waals surface area contributed by atoms with Gasteiger partial charge in [0.1, 0.15) is 0 Å². The predicted molar refractivity (Wildman–Crippen MR) is 62.9 cm³/mol. The van der Waals surface area contributed by atoms with Crippen molar-refractivity contribution in [2.75, 3.05) is 27.6 Å². The van der Waals surface area contributed by atoms with Gasteiger partial charge < -0.3 is 19.5 Å². The van der Waals surface area contributed by atoms with Crippen molar-refractivity contribution in [2.24, 2.45) is 0 Å². The smallest absolute Gasteiger partial charge is 0.189 e. The van der Waals surface area contributed by atoms with Gasteiger partial charge in [-0.2, -0.15) is 0 Å². The van der Waals surface area contributed by atoms with Gasteiger partial charge in [-0.15, -0.1) is 0 Å². The molecule has 0 heterocycles. The van der Waals surface area contributed by atoms with E-state index in [-0.39, 0.29) is 6.79 Å².